The molecule has 0 unspecified atom stereocenters. The van der Waals surface area contributed by atoms with Crippen LogP contribution < -0.4 is 10.2 Å². The lowest BCUT2D eigenvalue weighted by Crippen LogP contribution is -2.31. The van der Waals surface area contributed by atoms with Crippen molar-refractivity contribution in [1.29, 1.82) is 0 Å². The van der Waals surface area contributed by atoms with Gasteiger partial charge in [0.15, 0.2) is 5.82 Å². The molecule has 1 aliphatic rings. The molecule has 2 heterocycles. The van der Waals surface area contributed by atoms with Crippen molar-refractivity contribution >= 4 is 17.5 Å². The Balaban J connectivity index is 1.81. The number of rotatable bonds is 4. The van der Waals surface area contributed by atoms with E-state index in [1.54, 1.807) is 6.20 Å². The van der Waals surface area contributed by atoms with Crippen molar-refractivity contribution in [2.24, 2.45) is 0 Å². The summed E-state index contributed by atoms with van der Waals surface area (Å²) in [5, 5.41) is 11.7. The van der Waals surface area contributed by atoms with Crippen molar-refractivity contribution in [3.8, 4) is 0 Å². The number of nitrogens with one attached hydrogen (secondary N) is 1. The predicted octanol–water partition coefficient (Wildman–Crippen LogP) is 3.73. The van der Waals surface area contributed by atoms with Crippen LogP contribution in [0.3, 0.4) is 0 Å². The molecule has 1 aliphatic heterocycles. The van der Waals surface area contributed by atoms with E-state index >= 15 is 0 Å². The highest BCUT2D eigenvalue weighted by Crippen LogP contribution is 2.26. The summed E-state index contributed by atoms with van der Waals surface area (Å²) in [7, 11) is 0. The van der Waals surface area contributed by atoms with E-state index in [1.165, 1.54) is 24.8 Å². The van der Waals surface area contributed by atoms with Crippen molar-refractivity contribution in [3.05, 3.63) is 36.0 Å². The lowest BCUT2D eigenvalue weighted by atomic mass is 10.0. The lowest BCUT2D eigenvalue weighted by molar-refractivity contribution is 0.565. The normalized spacial score (nSPS) is 15.1. The largest absolute Gasteiger partial charge is 0.339 e. The maximum Gasteiger partial charge on any atom is 0.247 e. The summed E-state index contributed by atoms with van der Waals surface area (Å²) in [5.74, 6) is 1.94. The number of para-hydroxylation sites is 1. The molecule has 1 fully saturated rings. The Morgan fingerprint density at radius 3 is 2.64 bits per heavy atom. The topological polar surface area (TPSA) is 53.9 Å². The molecule has 5 nitrogen and oxygen atoms in total. The highest BCUT2D eigenvalue weighted by molar-refractivity contribution is 5.61. The first-order chi connectivity index (χ1) is 10.7. The molecule has 0 aliphatic carbocycles. The molecule has 22 heavy (non-hydrogen) atoms. The standard InChI is InChI=1S/C17H23N5/c1-13(2)14-8-4-5-9-15(14)19-16-12-18-21-17(20-16)22-10-6-3-7-11-22/h4-5,8-9,12-13H,3,6-7,10-11H2,1-2H3,(H,19,20,21). The van der Waals surface area contributed by atoms with Crippen molar-refractivity contribution < 1.29 is 0 Å². The summed E-state index contributed by atoms with van der Waals surface area (Å²) < 4.78 is 0. The van der Waals surface area contributed by atoms with Gasteiger partial charge in [-0.3, -0.25) is 0 Å². The fraction of sp³-hybridized carbons (Fsp3) is 0.471. The number of nitrogens with zero attached hydrogens (tertiary/aromatic N) is 4. The number of hydrogen-bond acceptors (Lipinski definition) is 5. The average Bonchev–Trinajstić information content (AvgIpc) is 2.56. The molecule has 1 N–H and O–H groups in total. The Morgan fingerprint density at radius 1 is 1.09 bits per heavy atom. The minimum Gasteiger partial charge on any atom is -0.339 e. The lowest BCUT2D eigenvalue weighted by Gasteiger charge is -2.26. The number of piperidine rings is 1. The van der Waals surface area contributed by atoms with Crippen LogP contribution in [0.1, 0.15) is 44.6 Å². The van der Waals surface area contributed by atoms with Gasteiger partial charge in [-0.2, -0.15) is 10.1 Å². The van der Waals surface area contributed by atoms with Crippen LogP contribution in [0.5, 0.6) is 0 Å². The number of hydrogen-bond donors (Lipinski definition) is 1. The summed E-state index contributed by atoms with van der Waals surface area (Å²) in [6.45, 7) is 6.43. The number of anilines is 3. The first kappa shape index (κ1) is 14.8. The molecule has 5 heteroatoms. The molecule has 0 spiro atoms. The second-order valence-corrected chi connectivity index (χ2v) is 6.06. The van der Waals surface area contributed by atoms with E-state index in [4.69, 9.17) is 0 Å². The summed E-state index contributed by atoms with van der Waals surface area (Å²) in [6, 6.07) is 8.33. The van der Waals surface area contributed by atoms with Crippen LogP contribution in [0.4, 0.5) is 17.5 Å². The van der Waals surface area contributed by atoms with Crippen molar-refractivity contribution in [3.63, 3.8) is 0 Å². The molecule has 2 aromatic rings. The van der Waals surface area contributed by atoms with Crippen LogP contribution in [-0.4, -0.2) is 28.3 Å². The molecular formula is C17H23N5. The minimum atomic E-state index is 0.458. The zero-order chi connectivity index (χ0) is 15.4. The van der Waals surface area contributed by atoms with Gasteiger partial charge >= 0.3 is 0 Å². The van der Waals surface area contributed by atoms with E-state index in [0.717, 1.165) is 30.5 Å². The molecule has 3 rings (SSSR count). The van der Waals surface area contributed by atoms with E-state index in [0.29, 0.717) is 5.92 Å². The van der Waals surface area contributed by atoms with Crippen LogP contribution in [0, 0.1) is 0 Å². The van der Waals surface area contributed by atoms with Crippen LogP contribution in [0.2, 0.25) is 0 Å². The zero-order valence-corrected chi connectivity index (χ0v) is 13.3. The minimum absolute atomic E-state index is 0.458. The monoisotopic (exact) mass is 297 g/mol. The maximum atomic E-state index is 4.63. The van der Waals surface area contributed by atoms with Gasteiger partial charge in [0.25, 0.3) is 0 Å². The molecule has 0 saturated carbocycles. The smallest absolute Gasteiger partial charge is 0.247 e. The fourth-order valence-corrected chi connectivity index (χ4v) is 2.83. The van der Waals surface area contributed by atoms with Crippen LogP contribution >= 0.6 is 0 Å². The molecular weight excluding hydrogens is 274 g/mol. The number of aromatic nitrogens is 3. The first-order valence-corrected chi connectivity index (χ1v) is 8.04. The zero-order valence-electron chi connectivity index (χ0n) is 13.3. The molecule has 0 amide bonds. The third-order valence-electron chi connectivity index (χ3n) is 4.03. The van der Waals surface area contributed by atoms with Gasteiger partial charge in [0.1, 0.15) is 0 Å². The molecule has 1 saturated heterocycles. The average molecular weight is 297 g/mol. The highest BCUT2D eigenvalue weighted by Gasteiger charge is 2.15. The predicted molar refractivity (Wildman–Crippen MR) is 89.7 cm³/mol. The Kier molecular flexibility index (Phi) is 4.51. The maximum absolute atomic E-state index is 4.63. The van der Waals surface area contributed by atoms with Crippen molar-refractivity contribution in [2.75, 3.05) is 23.3 Å². The van der Waals surface area contributed by atoms with Gasteiger partial charge in [0.2, 0.25) is 5.95 Å². The number of benzene rings is 1. The van der Waals surface area contributed by atoms with Crippen LogP contribution in [0.15, 0.2) is 30.5 Å². The SMILES string of the molecule is CC(C)c1ccccc1Nc1cnnc(N2CCCCC2)n1. The van der Waals surface area contributed by atoms with E-state index in [2.05, 4.69) is 57.4 Å². The van der Waals surface area contributed by atoms with Gasteiger partial charge in [0.05, 0.1) is 6.20 Å². The highest BCUT2D eigenvalue weighted by atomic mass is 15.3. The Labute approximate surface area is 131 Å². The molecule has 1 aromatic heterocycles. The van der Waals surface area contributed by atoms with E-state index in [1.807, 2.05) is 6.07 Å². The molecule has 116 valence electrons. The van der Waals surface area contributed by atoms with Crippen LogP contribution in [-0.2, 0) is 0 Å². The van der Waals surface area contributed by atoms with Gasteiger partial charge in [-0.25, -0.2) is 0 Å². The van der Waals surface area contributed by atoms with Gasteiger partial charge < -0.3 is 10.2 Å². The van der Waals surface area contributed by atoms with Crippen molar-refractivity contribution in [2.45, 2.75) is 39.0 Å². The Hall–Kier alpha value is -2.17. The third kappa shape index (κ3) is 3.35. The summed E-state index contributed by atoms with van der Waals surface area (Å²) in [6.07, 6.45) is 5.39. The van der Waals surface area contributed by atoms with Gasteiger partial charge in [0, 0.05) is 18.8 Å². The Morgan fingerprint density at radius 2 is 1.86 bits per heavy atom. The van der Waals surface area contributed by atoms with E-state index in [-0.39, 0.29) is 0 Å². The van der Waals surface area contributed by atoms with Crippen LogP contribution in [0.25, 0.3) is 0 Å². The molecule has 0 atom stereocenters. The first-order valence-electron chi connectivity index (χ1n) is 8.04. The Bertz CT molecular complexity index is 620. The van der Waals surface area contributed by atoms with Gasteiger partial charge in [-0.1, -0.05) is 32.0 Å². The van der Waals surface area contributed by atoms with Crippen molar-refractivity contribution in [1.82, 2.24) is 15.2 Å². The van der Waals surface area contributed by atoms with E-state index in [9.17, 15) is 0 Å². The summed E-state index contributed by atoms with van der Waals surface area (Å²) >= 11 is 0. The van der Waals surface area contributed by atoms with Gasteiger partial charge in [-0.15, -0.1) is 5.10 Å². The fourth-order valence-electron chi connectivity index (χ4n) is 2.83. The third-order valence-corrected chi connectivity index (χ3v) is 4.03. The molecule has 0 bridgehead atoms. The van der Waals surface area contributed by atoms with E-state index < -0.39 is 0 Å². The molecule has 1 aromatic carbocycles. The second kappa shape index (κ2) is 6.73. The summed E-state index contributed by atoms with van der Waals surface area (Å²) in [4.78, 5) is 6.85. The molecule has 0 radical (unpaired) electrons. The summed E-state index contributed by atoms with van der Waals surface area (Å²) in [5.41, 5.74) is 2.36. The quantitative estimate of drug-likeness (QED) is 0.932. The second-order valence-electron chi connectivity index (χ2n) is 6.06. The van der Waals surface area contributed by atoms with Gasteiger partial charge in [-0.05, 0) is 36.8 Å².